The number of hydrogen-bond acceptors (Lipinski definition) is 2. The topological polar surface area (TPSA) is 21.3 Å². The maximum atomic E-state index is 13.6. The summed E-state index contributed by atoms with van der Waals surface area (Å²) in [4.78, 5) is 0. The van der Waals surface area contributed by atoms with Gasteiger partial charge in [-0.15, -0.1) is 0 Å². The Balaban J connectivity index is 1.85. The molecule has 110 valence electrons. The maximum absolute atomic E-state index is 13.6. The minimum atomic E-state index is -0.465. The van der Waals surface area contributed by atoms with E-state index in [1.807, 2.05) is 31.2 Å². The van der Waals surface area contributed by atoms with Gasteiger partial charge < -0.3 is 10.1 Å². The van der Waals surface area contributed by atoms with E-state index in [0.717, 1.165) is 11.3 Å². The van der Waals surface area contributed by atoms with Crippen molar-refractivity contribution in [3.8, 4) is 5.75 Å². The molecule has 0 saturated heterocycles. The van der Waals surface area contributed by atoms with Crippen molar-refractivity contribution in [2.24, 2.45) is 0 Å². The van der Waals surface area contributed by atoms with Crippen LogP contribution < -0.4 is 10.1 Å². The third-order valence-corrected chi connectivity index (χ3v) is 4.38. The van der Waals surface area contributed by atoms with E-state index in [2.05, 4.69) is 5.32 Å². The Morgan fingerprint density at radius 1 is 1.24 bits per heavy atom. The Morgan fingerprint density at radius 3 is 2.81 bits per heavy atom. The second-order valence-electron chi connectivity index (χ2n) is 5.05. The minimum absolute atomic E-state index is 0.0339. The van der Waals surface area contributed by atoms with Crippen LogP contribution in [0.2, 0.25) is 10.0 Å². The zero-order chi connectivity index (χ0) is 15.0. The van der Waals surface area contributed by atoms with Crippen LogP contribution in [0, 0.1) is 5.82 Å². The highest BCUT2D eigenvalue weighted by Crippen LogP contribution is 2.36. The molecule has 0 spiro atoms. The van der Waals surface area contributed by atoms with Crippen molar-refractivity contribution in [3.05, 3.63) is 63.4 Å². The zero-order valence-corrected chi connectivity index (χ0v) is 12.9. The first kappa shape index (κ1) is 14.6. The maximum Gasteiger partial charge on any atom is 0.142 e. The number of fused-ring (bicyclic) bond motifs is 1. The Kier molecular flexibility index (Phi) is 4.07. The van der Waals surface area contributed by atoms with Crippen molar-refractivity contribution >= 4 is 23.2 Å². The van der Waals surface area contributed by atoms with E-state index >= 15 is 0 Å². The van der Waals surface area contributed by atoms with Crippen LogP contribution in [0.25, 0.3) is 0 Å². The Morgan fingerprint density at radius 2 is 2.00 bits per heavy atom. The van der Waals surface area contributed by atoms with Crippen molar-refractivity contribution in [2.75, 3.05) is 6.61 Å². The molecule has 2 unspecified atom stereocenters. The molecule has 0 saturated carbocycles. The van der Waals surface area contributed by atoms with E-state index < -0.39 is 5.82 Å². The largest absolute Gasteiger partial charge is 0.491 e. The lowest BCUT2D eigenvalue weighted by molar-refractivity contribution is 0.301. The van der Waals surface area contributed by atoms with Crippen molar-refractivity contribution < 1.29 is 9.13 Å². The zero-order valence-electron chi connectivity index (χ0n) is 11.4. The third-order valence-electron chi connectivity index (χ3n) is 3.66. The Labute approximate surface area is 132 Å². The molecule has 2 nitrogen and oxygen atoms in total. The second-order valence-corrected chi connectivity index (χ2v) is 5.83. The fourth-order valence-electron chi connectivity index (χ4n) is 2.63. The second kappa shape index (κ2) is 5.84. The van der Waals surface area contributed by atoms with Gasteiger partial charge in [0.15, 0.2) is 0 Å². The van der Waals surface area contributed by atoms with Crippen LogP contribution >= 0.6 is 23.2 Å². The SMILES string of the molecule is CC(NC1COc2ccccc21)c1c(Cl)ccc(F)c1Cl. The molecule has 2 aromatic rings. The van der Waals surface area contributed by atoms with Crippen LogP contribution in [0.15, 0.2) is 36.4 Å². The van der Waals surface area contributed by atoms with Crippen molar-refractivity contribution in [3.63, 3.8) is 0 Å². The molecule has 5 heteroatoms. The fourth-order valence-corrected chi connectivity index (χ4v) is 3.32. The molecule has 2 atom stereocenters. The smallest absolute Gasteiger partial charge is 0.142 e. The third kappa shape index (κ3) is 2.73. The average Bonchev–Trinajstić information content (AvgIpc) is 2.87. The van der Waals surface area contributed by atoms with Crippen LogP contribution in [0.1, 0.15) is 30.1 Å². The fraction of sp³-hybridized carbons (Fsp3) is 0.250. The molecular weight excluding hydrogens is 312 g/mol. The molecular formula is C16H14Cl2FNO. The molecule has 3 rings (SSSR count). The predicted molar refractivity (Wildman–Crippen MR) is 82.6 cm³/mol. The standard InChI is InChI=1S/C16H14Cl2FNO/c1-9(15-11(17)6-7-12(19)16(15)18)20-13-8-21-14-5-3-2-4-10(13)14/h2-7,9,13,20H,8H2,1H3. The highest BCUT2D eigenvalue weighted by atomic mass is 35.5. The lowest BCUT2D eigenvalue weighted by Gasteiger charge is -2.21. The van der Waals surface area contributed by atoms with Crippen molar-refractivity contribution in [1.82, 2.24) is 5.32 Å². The van der Waals surface area contributed by atoms with Crippen LogP contribution in [-0.4, -0.2) is 6.61 Å². The summed E-state index contributed by atoms with van der Waals surface area (Å²) in [7, 11) is 0. The predicted octanol–water partition coefficient (Wildman–Crippen LogP) is 4.92. The first-order valence-electron chi connectivity index (χ1n) is 6.69. The molecule has 21 heavy (non-hydrogen) atoms. The summed E-state index contributed by atoms with van der Waals surface area (Å²) in [5.74, 6) is 0.409. The van der Waals surface area contributed by atoms with Gasteiger partial charge in [0.05, 0.1) is 11.1 Å². The highest BCUT2D eigenvalue weighted by Gasteiger charge is 2.27. The molecule has 1 aliphatic rings. The summed E-state index contributed by atoms with van der Waals surface area (Å²) < 4.78 is 19.3. The van der Waals surface area contributed by atoms with E-state index in [4.69, 9.17) is 27.9 Å². The van der Waals surface area contributed by atoms with Gasteiger partial charge in [0, 0.05) is 22.2 Å². The van der Waals surface area contributed by atoms with Gasteiger partial charge in [-0.1, -0.05) is 41.4 Å². The van der Waals surface area contributed by atoms with Gasteiger partial charge in [-0.3, -0.25) is 0 Å². The van der Waals surface area contributed by atoms with Crippen LogP contribution in [0.4, 0.5) is 4.39 Å². The molecule has 1 heterocycles. The number of para-hydroxylation sites is 1. The molecule has 2 aromatic carbocycles. The number of nitrogens with one attached hydrogen (secondary N) is 1. The van der Waals surface area contributed by atoms with E-state index in [9.17, 15) is 4.39 Å². The molecule has 0 aromatic heterocycles. The van der Waals surface area contributed by atoms with Gasteiger partial charge in [-0.05, 0) is 25.1 Å². The van der Waals surface area contributed by atoms with Crippen molar-refractivity contribution in [1.29, 1.82) is 0 Å². The summed E-state index contributed by atoms with van der Waals surface area (Å²) in [6, 6.07) is 10.5. The average molecular weight is 326 g/mol. The lowest BCUT2D eigenvalue weighted by Crippen LogP contribution is -2.26. The van der Waals surface area contributed by atoms with Crippen LogP contribution in [-0.2, 0) is 0 Å². The van der Waals surface area contributed by atoms with Crippen LogP contribution in [0.3, 0.4) is 0 Å². The van der Waals surface area contributed by atoms with Gasteiger partial charge >= 0.3 is 0 Å². The molecule has 1 N–H and O–H groups in total. The normalized spacial score (nSPS) is 18.2. The van der Waals surface area contributed by atoms with Gasteiger partial charge in [0.1, 0.15) is 18.2 Å². The molecule has 0 aliphatic carbocycles. The molecule has 0 bridgehead atoms. The lowest BCUT2D eigenvalue weighted by atomic mass is 10.0. The number of rotatable bonds is 3. The Bertz CT molecular complexity index is 677. The summed E-state index contributed by atoms with van der Waals surface area (Å²) in [6.07, 6.45) is 0. The molecule has 1 aliphatic heterocycles. The Hall–Kier alpha value is -1.29. The van der Waals surface area contributed by atoms with Gasteiger partial charge in [0.25, 0.3) is 0 Å². The monoisotopic (exact) mass is 325 g/mol. The summed E-state index contributed by atoms with van der Waals surface area (Å²) in [5, 5.41) is 3.92. The highest BCUT2D eigenvalue weighted by molar-refractivity contribution is 6.36. The van der Waals surface area contributed by atoms with Crippen molar-refractivity contribution in [2.45, 2.75) is 19.0 Å². The number of ether oxygens (including phenoxy) is 1. The van der Waals surface area contributed by atoms with E-state index in [1.165, 1.54) is 12.1 Å². The van der Waals surface area contributed by atoms with E-state index in [1.54, 1.807) is 0 Å². The molecule has 0 radical (unpaired) electrons. The van der Waals surface area contributed by atoms with E-state index in [-0.39, 0.29) is 17.1 Å². The van der Waals surface area contributed by atoms with Gasteiger partial charge in [0.2, 0.25) is 0 Å². The number of halogens is 3. The van der Waals surface area contributed by atoms with E-state index in [0.29, 0.717) is 17.2 Å². The summed E-state index contributed by atoms with van der Waals surface area (Å²) in [5.41, 5.74) is 1.66. The minimum Gasteiger partial charge on any atom is -0.491 e. The number of hydrogen-bond donors (Lipinski definition) is 1. The quantitative estimate of drug-likeness (QED) is 0.809. The first-order valence-corrected chi connectivity index (χ1v) is 7.44. The molecule has 0 fully saturated rings. The number of benzene rings is 2. The van der Waals surface area contributed by atoms with Gasteiger partial charge in [-0.25, -0.2) is 4.39 Å². The van der Waals surface area contributed by atoms with Crippen LogP contribution in [0.5, 0.6) is 5.75 Å². The summed E-state index contributed by atoms with van der Waals surface area (Å²) >= 11 is 12.2. The molecule has 0 amide bonds. The summed E-state index contributed by atoms with van der Waals surface area (Å²) in [6.45, 7) is 2.45. The first-order chi connectivity index (χ1) is 10.1. The van der Waals surface area contributed by atoms with Gasteiger partial charge in [-0.2, -0.15) is 0 Å².